The van der Waals surface area contributed by atoms with Crippen molar-refractivity contribution in [3.8, 4) is 23.0 Å². The molecule has 1 amide bonds. The standard InChI is InChI=1S/C27H28N6O3/c1-15(35)24-25(18-10-20-8-9-21(11-18)32(20)23(36)14-34)31-27-22(13-30-33(27)26(24)28)17-5-7-19(29-12-17)6-4-16-2-3-16/h5,7,12-13,16,18,20-21,34H,2-3,8-11,14,28H2,1H3/t18?,20-,21?/m0/s1. The molecule has 6 rings (SSSR count). The van der Waals surface area contributed by atoms with Gasteiger partial charge in [0.25, 0.3) is 0 Å². The zero-order valence-corrected chi connectivity index (χ0v) is 20.1. The lowest BCUT2D eigenvalue weighted by molar-refractivity contribution is -0.138. The molecule has 3 fully saturated rings. The summed E-state index contributed by atoms with van der Waals surface area (Å²) in [4.78, 5) is 36.3. The average molecular weight is 485 g/mol. The quantitative estimate of drug-likeness (QED) is 0.430. The maximum atomic E-state index is 12.7. The van der Waals surface area contributed by atoms with E-state index in [0.717, 1.165) is 29.7 Å². The lowest BCUT2D eigenvalue weighted by Gasteiger charge is -2.39. The number of fused-ring (bicyclic) bond motifs is 3. The van der Waals surface area contributed by atoms with Crippen molar-refractivity contribution in [2.45, 2.75) is 63.5 Å². The molecule has 2 saturated heterocycles. The Hall–Kier alpha value is -3.77. The van der Waals surface area contributed by atoms with E-state index < -0.39 is 6.61 Å². The number of nitrogens with two attached hydrogens (primary N) is 1. The number of rotatable bonds is 4. The molecule has 3 aromatic rings. The smallest absolute Gasteiger partial charge is 0.248 e. The van der Waals surface area contributed by atoms with E-state index >= 15 is 0 Å². The number of carbonyl (C=O) groups excluding carboxylic acids is 2. The number of nitrogens with zero attached hydrogens (tertiary/aromatic N) is 5. The number of pyridine rings is 1. The number of aliphatic hydroxyl groups is 1. The van der Waals surface area contributed by atoms with Gasteiger partial charge in [0.05, 0.1) is 17.5 Å². The Morgan fingerprint density at radius 1 is 1.14 bits per heavy atom. The number of ketones is 1. The predicted molar refractivity (Wildman–Crippen MR) is 133 cm³/mol. The first kappa shape index (κ1) is 22.7. The van der Waals surface area contributed by atoms with E-state index in [1.54, 1.807) is 12.4 Å². The molecule has 0 aromatic carbocycles. The summed E-state index contributed by atoms with van der Waals surface area (Å²) in [5, 5.41) is 13.9. The minimum atomic E-state index is -0.480. The SMILES string of the molecule is CC(=O)c1c(C2CC3CC[C@@H](C2)N3C(=O)CO)nc2c(-c3ccc(C#CC4CC4)nc3)cnn2c1N. The third kappa shape index (κ3) is 3.82. The maximum absolute atomic E-state index is 12.7. The lowest BCUT2D eigenvalue weighted by atomic mass is 9.85. The third-order valence-electron chi connectivity index (χ3n) is 7.66. The van der Waals surface area contributed by atoms with E-state index in [9.17, 15) is 14.7 Å². The van der Waals surface area contributed by atoms with Crippen molar-refractivity contribution in [3.05, 3.63) is 41.5 Å². The first-order valence-corrected chi connectivity index (χ1v) is 12.5. The van der Waals surface area contributed by atoms with Crippen LogP contribution in [0.15, 0.2) is 24.5 Å². The van der Waals surface area contributed by atoms with Gasteiger partial charge in [0.2, 0.25) is 5.91 Å². The summed E-state index contributed by atoms with van der Waals surface area (Å²) in [5.74, 6) is 6.73. The van der Waals surface area contributed by atoms with E-state index in [1.165, 1.54) is 24.3 Å². The molecule has 9 nitrogen and oxygen atoms in total. The molecule has 3 atom stereocenters. The van der Waals surface area contributed by atoms with E-state index in [4.69, 9.17) is 10.7 Å². The summed E-state index contributed by atoms with van der Waals surface area (Å²) < 4.78 is 1.52. The zero-order valence-electron chi connectivity index (χ0n) is 20.1. The Balaban J connectivity index is 1.39. The summed E-state index contributed by atoms with van der Waals surface area (Å²) in [6.07, 6.45) is 8.95. The van der Waals surface area contributed by atoms with Gasteiger partial charge >= 0.3 is 0 Å². The molecule has 2 unspecified atom stereocenters. The van der Waals surface area contributed by atoms with Crippen molar-refractivity contribution in [2.75, 3.05) is 12.3 Å². The first-order chi connectivity index (χ1) is 17.4. The van der Waals surface area contributed by atoms with Crippen LogP contribution in [-0.2, 0) is 4.79 Å². The fourth-order valence-electron chi connectivity index (χ4n) is 5.81. The van der Waals surface area contributed by atoms with Gasteiger partial charge in [0, 0.05) is 41.2 Å². The Bertz CT molecular complexity index is 1420. The highest BCUT2D eigenvalue weighted by Gasteiger charge is 2.44. The van der Waals surface area contributed by atoms with E-state index in [1.807, 2.05) is 17.0 Å². The first-order valence-electron chi connectivity index (χ1n) is 12.5. The number of hydrogen-bond donors (Lipinski definition) is 2. The van der Waals surface area contributed by atoms with Crippen molar-refractivity contribution in [1.82, 2.24) is 24.5 Å². The molecule has 1 aliphatic carbocycles. The van der Waals surface area contributed by atoms with Gasteiger partial charge in [-0.15, -0.1) is 0 Å². The third-order valence-corrected chi connectivity index (χ3v) is 7.66. The fraction of sp³-hybridized carbons (Fsp3) is 0.444. The summed E-state index contributed by atoms with van der Waals surface area (Å²) in [6, 6.07) is 3.92. The molecule has 1 saturated carbocycles. The van der Waals surface area contributed by atoms with Crippen LogP contribution < -0.4 is 5.73 Å². The van der Waals surface area contributed by atoms with Crippen LogP contribution in [-0.4, -0.2) is 60.0 Å². The highest BCUT2D eigenvalue weighted by atomic mass is 16.3. The highest BCUT2D eigenvalue weighted by molar-refractivity contribution is 6.00. The molecule has 0 spiro atoms. The molecule has 3 aliphatic rings. The van der Waals surface area contributed by atoms with Crippen molar-refractivity contribution >= 4 is 23.2 Å². The van der Waals surface area contributed by atoms with Gasteiger partial charge in [0.15, 0.2) is 11.4 Å². The molecular weight excluding hydrogens is 456 g/mol. The molecular formula is C27H28N6O3. The topological polar surface area (TPSA) is 127 Å². The van der Waals surface area contributed by atoms with Crippen molar-refractivity contribution in [1.29, 1.82) is 0 Å². The van der Waals surface area contributed by atoms with E-state index in [2.05, 4.69) is 21.9 Å². The largest absolute Gasteiger partial charge is 0.387 e. The Kier molecular flexibility index (Phi) is 5.49. The molecule has 3 N–H and O–H groups in total. The van der Waals surface area contributed by atoms with Gasteiger partial charge in [-0.2, -0.15) is 9.61 Å². The number of aromatic nitrogens is 4. The van der Waals surface area contributed by atoms with Crippen LogP contribution in [0.1, 0.15) is 73.1 Å². The minimum Gasteiger partial charge on any atom is -0.387 e. The number of Topliss-reactive ketones (excluding diaryl/α,β-unsaturated/α-hetero) is 1. The Morgan fingerprint density at radius 2 is 1.89 bits per heavy atom. The van der Waals surface area contributed by atoms with E-state index in [0.29, 0.717) is 35.7 Å². The number of carbonyl (C=O) groups is 2. The average Bonchev–Trinajstić information content (AvgIpc) is 3.55. The summed E-state index contributed by atoms with van der Waals surface area (Å²) in [7, 11) is 0. The number of nitrogen functional groups attached to an aromatic ring is 1. The van der Waals surface area contributed by atoms with Crippen LogP contribution in [0, 0.1) is 17.8 Å². The molecule has 3 aromatic heterocycles. The van der Waals surface area contributed by atoms with Gasteiger partial charge in [0.1, 0.15) is 18.1 Å². The van der Waals surface area contributed by atoms with Crippen molar-refractivity contribution < 1.29 is 14.7 Å². The Labute approximate surface area is 208 Å². The number of aliphatic hydroxyl groups excluding tert-OH is 1. The monoisotopic (exact) mass is 484 g/mol. The van der Waals surface area contributed by atoms with Crippen LogP contribution in [0.3, 0.4) is 0 Å². The molecule has 0 radical (unpaired) electrons. The maximum Gasteiger partial charge on any atom is 0.248 e. The lowest BCUT2D eigenvalue weighted by Crippen LogP contribution is -2.47. The van der Waals surface area contributed by atoms with Gasteiger partial charge in [-0.05, 0) is 63.5 Å². The molecule has 2 bridgehead atoms. The Morgan fingerprint density at radius 3 is 2.50 bits per heavy atom. The van der Waals surface area contributed by atoms with Crippen LogP contribution >= 0.6 is 0 Å². The molecule has 184 valence electrons. The van der Waals surface area contributed by atoms with Crippen LogP contribution in [0.25, 0.3) is 16.8 Å². The second-order valence-electron chi connectivity index (χ2n) is 10.1. The minimum absolute atomic E-state index is 0.0163. The van der Waals surface area contributed by atoms with Gasteiger partial charge in [-0.3, -0.25) is 9.59 Å². The predicted octanol–water partition coefficient (Wildman–Crippen LogP) is 2.57. The van der Waals surface area contributed by atoms with E-state index in [-0.39, 0.29) is 35.5 Å². The zero-order chi connectivity index (χ0) is 25.0. The second-order valence-corrected chi connectivity index (χ2v) is 10.1. The highest BCUT2D eigenvalue weighted by Crippen LogP contribution is 2.44. The van der Waals surface area contributed by atoms with Crippen molar-refractivity contribution in [3.63, 3.8) is 0 Å². The number of hydrogen-bond acceptors (Lipinski definition) is 7. The van der Waals surface area contributed by atoms with Crippen LogP contribution in [0.2, 0.25) is 0 Å². The number of amides is 1. The molecule has 36 heavy (non-hydrogen) atoms. The van der Waals surface area contributed by atoms with Crippen LogP contribution in [0.5, 0.6) is 0 Å². The van der Waals surface area contributed by atoms with Gasteiger partial charge in [-0.1, -0.05) is 5.92 Å². The summed E-state index contributed by atoms with van der Waals surface area (Å²) in [6.45, 7) is 1.02. The number of piperidine rings is 1. The number of anilines is 1. The summed E-state index contributed by atoms with van der Waals surface area (Å²) >= 11 is 0. The molecule has 2 aliphatic heterocycles. The van der Waals surface area contributed by atoms with Gasteiger partial charge < -0.3 is 15.7 Å². The van der Waals surface area contributed by atoms with Crippen LogP contribution in [0.4, 0.5) is 5.82 Å². The van der Waals surface area contributed by atoms with Crippen molar-refractivity contribution in [2.24, 2.45) is 5.92 Å². The normalized spacial score (nSPS) is 22.9. The molecule has 9 heteroatoms. The van der Waals surface area contributed by atoms with Gasteiger partial charge in [-0.25, -0.2) is 9.97 Å². The molecule has 5 heterocycles. The summed E-state index contributed by atoms with van der Waals surface area (Å²) in [5.41, 5.74) is 10.5. The fourth-order valence-corrected chi connectivity index (χ4v) is 5.81. The second kappa shape index (κ2) is 8.71.